The van der Waals surface area contributed by atoms with Gasteiger partial charge in [0.1, 0.15) is 6.04 Å². The molecular formula is C14H15N3O. The Kier molecular flexibility index (Phi) is 4.24. The lowest BCUT2D eigenvalue weighted by Gasteiger charge is -2.13. The van der Waals surface area contributed by atoms with Crippen LogP contribution < -0.4 is 5.32 Å². The molecule has 0 radical (unpaired) electrons. The van der Waals surface area contributed by atoms with Crippen LogP contribution in [0.2, 0.25) is 0 Å². The highest BCUT2D eigenvalue weighted by molar-refractivity contribution is 5.85. The number of aliphatic hydroxyl groups excluding tert-OH is 1. The molecule has 92 valence electrons. The SMILES string of the molecule is N#CC(NCCCO)c1cncc2ccccc12. The van der Waals surface area contributed by atoms with Gasteiger partial charge in [0, 0.05) is 30.0 Å². The van der Waals surface area contributed by atoms with E-state index in [4.69, 9.17) is 5.11 Å². The molecule has 2 rings (SSSR count). The standard InChI is InChI=1S/C14H15N3O/c15-8-14(17-6-3-7-18)13-10-16-9-11-4-1-2-5-12(11)13/h1-2,4-5,9-10,14,17-18H,3,6-7H2. The molecule has 1 heterocycles. The van der Waals surface area contributed by atoms with E-state index in [-0.39, 0.29) is 6.61 Å². The van der Waals surface area contributed by atoms with E-state index in [1.807, 2.05) is 24.3 Å². The monoisotopic (exact) mass is 241 g/mol. The van der Waals surface area contributed by atoms with Crippen molar-refractivity contribution in [3.8, 4) is 6.07 Å². The fourth-order valence-corrected chi connectivity index (χ4v) is 1.92. The summed E-state index contributed by atoms with van der Waals surface area (Å²) < 4.78 is 0. The van der Waals surface area contributed by atoms with Gasteiger partial charge in [0.2, 0.25) is 0 Å². The lowest BCUT2D eigenvalue weighted by molar-refractivity contribution is 0.285. The topological polar surface area (TPSA) is 68.9 Å². The van der Waals surface area contributed by atoms with Crippen molar-refractivity contribution >= 4 is 10.8 Å². The van der Waals surface area contributed by atoms with Crippen LogP contribution in [-0.4, -0.2) is 23.2 Å². The summed E-state index contributed by atoms with van der Waals surface area (Å²) in [6, 6.07) is 9.72. The summed E-state index contributed by atoms with van der Waals surface area (Å²) in [4.78, 5) is 4.17. The second-order valence-electron chi connectivity index (χ2n) is 4.04. The van der Waals surface area contributed by atoms with Crippen molar-refractivity contribution in [2.24, 2.45) is 0 Å². The Hall–Kier alpha value is -1.96. The Balaban J connectivity index is 2.31. The normalized spacial score (nSPS) is 12.2. The number of hydrogen-bond donors (Lipinski definition) is 2. The lowest BCUT2D eigenvalue weighted by Crippen LogP contribution is -2.22. The van der Waals surface area contributed by atoms with Crippen molar-refractivity contribution in [2.75, 3.05) is 13.2 Å². The third kappa shape index (κ3) is 2.65. The molecule has 4 nitrogen and oxygen atoms in total. The van der Waals surface area contributed by atoms with Crippen molar-refractivity contribution < 1.29 is 5.11 Å². The maximum Gasteiger partial charge on any atom is 0.123 e. The first kappa shape index (κ1) is 12.5. The minimum absolute atomic E-state index is 0.124. The van der Waals surface area contributed by atoms with Gasteiger partial charge in [-0.1, -0.05) is 24.3 Å². The van der Waals surface area contributed by atoms with E-state index in [2.05, 4.69) is 16.4 Å². The maximum absolute atomic E-state index is 9.24. The van der Waals surface area contributed by atoms with Gasteiger partial charge in [0.25, 0.3) is 0 Å². The van der Waals surface area contributed by atoms with Gasteiger partial charge in [-0.15, -0.1) is 0 Å². The van der Waals surface area contributed by atoms with Crippen molar-refractivity contribution in [1.29, 1.82) is 5.26 Å². The van der Waals surface area contributed by atoms with Gasteiger partial charge >= 0.3 is 0 Å². The summed E-state index contributed by atoms with van der Waals surface area (Å²) in [5.41, 5.74) is 0.883. The molecule has 0 amide bonds. The summed E-state index contributed by atoms with van der Waals surface area (Å²) in [6.07, 6.45) is 4.15. The molecule has 0 fully saturated rings. The second-order valence-corrected chi connectivity index (χ2v) is 4.04. The van der Waals surface area contributed by atoms with Crippen LogP contribution in [0.1, 0.15) is 18.0 Å². The van der Waals surface area contributed by atoms with E-state index in [9.17, 15) is 5.26 Å². The molecule has 18 heavy (non-hydrogen) atoms. The average molecular weight is 241 g/mol. The fourth-order valence-electron chi connectivity index (χ4n) is 1.92. The molecule has 0 bridgehead atoms. The van der Waals surface area contributed by atoms with Gasteiger partial charge in [-0.3, -0.25) is 10.3 Å². The van der Waals surface area contributed by atoms with Gasteiger partial charge in [-0.25, -0.2) is 0 Å². The van der Waals surface area contributed by atoms with Crippen molar-refractivity contribution in [1.82, 2.24) is 10.3 Å². The van der Waals surface area contributed by atoms with Crippen molar-refractivity contribution in [3.05, 3.63) is 42.2 Å². The number of nitriles is 1. The fraction of sp³-hybridized carbons (Fsp3) is 0.286. The zero-order chi connectivity index (χ0) is 12.8. The molecule has 4 heteroatoms. The number of hydrogen-bond acceptors (Lipinski definition) is 4. The van der Waals surface area contributed by atoms with Crippen molar-refractivity contribution in [3.63, 3.8) is 0 Å². The molecule has 1 atom stereocenters. The molecule has 2 N–H and O–H groups in total. The molecule has 2 aromatic rings. The van der Waals surface area contributed by atoms with Crippen LogP contribution in [0.5, 0.6) is 0 Å². The number of aromatic nitrogens is 1. The molecule has 0 aliphatic rings. The molecular weight excluding hydrogens is 226 g/mol. The lowest BCUT2D eigenvalue weighted by atomic mass is 10.0. The highest BCUT2D eigenvalue weighted by Gasteiger charge is 2.12. The predicted octanol–water partition coefficient (Wildman–Crippen LogP) is 1.77. The van der Waals surface area contributed by atoms with Gasteiger partial charge in [0.05, 0.1) is 6.07 Å². The number of fused-ring (bicyclic) bond motifs is 1. The van der Waals surface area contributed by atoms with Crippen LogP contribution in [0, 0.1) is 11.3 Å². The summed E-state index contributed by atoms with van der Waals surface area (Å²) in [6.45, 7) is 0.733. The van der Waals surface area contributed by atoms with E-state index >= 15 is 0 Å². The molecule has 0 saturated carbocycles. The summed E-state index contributed by atoms with van der Waals surface area (Å²) in [5, 5.41) is 23.2. The van der Waals surface area contributed by atoms with Gasteiger partial charge in [-0.05, 0) is 18.4 Å². The zero-order valence-electron chi connectivity index (χ0n) is 10.0. The predicted molar refractivity (Wildman–Crippen MR) is 69.8 cm³/mol. The van der Waals surface area contributed by atoms with Crippen LogP contribution in [0.4, 0.5) is 0 Å². The van der Waals surface area contributed by atoms with E-state index in [1.165, 1.54) is 0 Å². The Morgan fingerprint density at radius 3 is 2.94 bits per heavy atom. The van der Waals surface area contributed by atoms with Gasteiger partial charge in [0.15, 0.2) is 0 Å². The molecule has 1 aromatic carbocycles. The Morgan fingerprint density at radius 1 is 1.33 bits per heavy atom. The smallest absolute Gasteiger partial charge is 0.123 e. The number of aliphatic hydroxyl groups is 1. The first-order chi connectivity index (χ1) is 8.86. The Bertz CT molecular complexity index is 557. The largest absolute Gasteiger partial charge is 0.396 e. The summed E-state index contributed by atoms with van der Waals surface area (Å²) in [5.74, 6) is 0. The van der Waals surface area contributed by atoms with E-state index in [1.54, 1.807) is 12.4 Å². The summed E-state index contributed by atoms with van der Waals surface area (Å²) >= 11 is 0. The van der Waals surface area contributed by atoms with E-state index < -0.39 is 6.04 Å². The quantitative estimate of drug-likeness (QED) is 0.783. The third-order valence-corrected chi connectivity index (χ3v) is 2.82. The number of nitrogens with zero attached hydrogens (tertiary/aromatic N) is 2. The number of rotatable bonds is 5. The van der Waals surface area contributed by atoms with Gasteiger partial charge < -0.3 is 5.11 Å². The van der Waals surface area contributed by atoms with Crippen LogP contribution in [0.3, 0.4) is 0 Å². The average Bonchev–Trinajstić information content (AvgIpc) is 2.43. The summed E-state index contributed by atoms with van der Waals surface area (Å²) in [7, 11) is 0. The number of benzene rings is 1. The van der Waals surface area contributed by atoms with Crippen LogP contribution in [-0.2, 0) is 0 Å². The third-order valence-electron chi connectivity index (χ3n) is 2.82. The van der Waals surface area contributed by atoms with Crippen molar-refractivity contribution in [2.45, 2.75) is 12.5 Å². The number of nitrogens with one attached hydrogen (secondary N) is 1. The van der Waals surface area contributed by atoms with Crippen LogP contribution in [0.15, 0.2) is 36.7 Å². The molecule has 0 saturated heterocycles. The Morgan fingerprint density at radius 2 is 2.17 bits per heavy atom. The minimum atomic E-state index is -0.393. The van der Waals surface area contributed by atoms with E-state index in [0.717, 1.165) is 16.3 Å². The van der Waals surface area contributed by atoms with Crippen LogP contribution >= 0.6 is 0 Å². The van der Waals surface area contributed by atoms with E-state index in [0.29, 0.717) is 13.0 Å². The number of pyridine rings is 1. The maximum atomic E-state index is 9.24. The molecule has 0 aliphatic carbocycles. The first-order valence-corrected chi connectivity index (χ1v) is 5.93. The highest BCUT2D eigenvalue weighted by atomic mass is 16.3. The zero-order valence-corrected chi connectivity index (χ0v) is 10.0. The minimum Gasteiger partial charge on any atom is -0.396 e. The van der Waals surface area contributed by atoms with Gasteiger partial charge in [-0.2, -0.15) is 5.26 Å². The first-order valence-electron chi connectivity index (χ1n) is 5.93. The molecule has 0 aliphatic heterocycles. The molecule has 0 spiro atoms. The Labute approximate surface area is 106 Å². The molecule has 1 unspecified atom stereocenters. The molecule has 1 aromatic heterocycles. The second kappa shape index (κ2) is 6.10. The highest BCUT2D eigenvalue weighted by Crippen LogP contribution is 2.22. The van der Waals surface area contributed by atoms with Crippen LogP contribution in [0.25, 0.3) is 10.8 Å².